The Hall–Kier alpha value is -3.66. The van der Waals surface area contributed by atoms with E-state index in [0.717, 1.165) is 37.2 Å². The van der Waals surface area contributed by atoms with Crippen LogP contribution in [0, 0.1) is 17.6 Å². The molecule has 3 aromatic rings. The molecular formula is C28H31F2N5O3. The maximum absolute atomic E-state index is 14.2. The zero-order valence-electron chi connectivity index (χ0n) is 21.0. The van der Waals surface area contributed by atoms with Crippen LogP contribution in [0.5, 0.6) is 0 Å². The molecule has 1 aliphatic heterocycles. The molecule has 2 atom stereocenters. The number of nitrogens with zero attached hydrogens (tertiary/aromatic N) is 3. The summed E-state index contributed by atoms with van der Waals surface area (Å²) >= 11 is 0. The summed E-state index contributed by atoms with van der Waals surface area (Å²) < 4.78 is 32.6. The molecule has 38 heavy (non-hydrogen) atoms. The van der Waals surface area contributed by atoms with Gasteiger partial charge < -0.3 is 15.2 Å². The van der Waals surface area contributed by atoms with Crippen LogP contribution in [0.3, 0.4) is 0 Å². The van der Waals surface area contributed by atoms with Gasteiger partial charge in [0.1, 0.15) is 11.6 Å². The molecule has 0 unspecified atom stereocenters. The van der Waals surface area contributed by atoms with Crippen LogP contribution < -0.4 is 10.6 Å². The molecule has 0 radical (unpaired) electrons. The fraction of sp³-hybridized carbons (Fsp3) is 0.429. The molecule has 3 heterocycles. The second kappa shape index (κ2) is 11.8. The molecule has 8 nitrogen and oxygen atoms in total. The molecule has 5 rings (SSSR count). The number of likely N-dealkylation sites (tertiary alicyclic amines) is 1. The summed E-state index contributed by atoms with van der Waals surface area (Å²) in [6, 6.07) is 9.98. The number of nitrogens with one attached hydrogen (secondary N) is 2. The topological polar surface area (TPSA) is 100 Å². The first-order valence-electron chi connectivity index (χ1n) is 13.1. The fourth-order valence-electron chi connectivity index (χ4n) is 5.45. The van der Waals surface area contributed by atoms with Crippen LogP contribution in [-0.2, 0) is 11.3 Å². The summed E-state index contributed by atoms with van der Waals surface area (Å²) in [5.74, 6) is -2.62. The van der Waals surface area contributed by atoms with Gasteiger partial charge in [0.2, 0.25) is 5.91 Å². The van der Waals surface area contributed by atoms with E-state index in [-0.39, 0.29) is 22.9 Å². The van der Waals surface area contributed by atoms with E-state index in [0.29, 0.717) is 25.6 Å². The number of hydrogen-bond acceptors (Lipinski definition) is 6. The van der Waals surface area contributed by atoms with Crippen molar-refractivity contribution >= 4 is 11.8 Å². The number of halogens is 2. The summed E-state index contributed by atoms with van der Waals surface area (Å²) in [7, 11) is 0. The zero-order valence-corrected chi connectivity index (χ0v) is 21.0. The maximum Gasteiger partial charge on any atom is 0.273 e. The first-order valence-corrected chi connectivity index (χ1v) is 13.1. The molecule has 2 fully saturated rings. The lowest BCUT2D eigenvalue weighted by Crippen LogP contribution is -2.57. The summed E-state index contributed by atoms with van der Waals surface area (Å²) in [6.45, 7) is 1.63. The number of benzene rings is 1. The monoisotopic (exact) mass is 523 g/mol. The third kappa shape index (κ3) is 6.07. The predicted molar refractivity (Wildman–Crippen MR) is 136 cm³/mol. The van der Waals surface area contributed by atoms with Gasteiger partial charge in [-0.15, -0.1) is 0 Å². The van der Waals surface area contributed by atoms with Gasteiger partial charge in [0.15, 0.2) is 11.5 Å². The van der Waals surface area contributed by atoms with Gasteiger partial charge in [0.25, 0.3) is 5.91 Å². The van der Waals surface area contributed by atoms with Crippen molar-refractivity contribution in [2.45, 2.75) is 57.2 Å². The average molecular weight is 524 g/mol. The van der Waals surface area contributed by atoms with E-state index >= 15 is 0 Å². The van der Waals surface area contributed by atoms with Gasteiger partial charge >= 0.3 is 0 Å². The summed E-state index contributed by atoms with van der Waals surface area (Å²) in [6.07, 6.45) is 8.18. The molecule has 1 aromatic carbocycles. The predicted octanol–water partition coefficient (Wildman–Crippen LogP) is 4.08. The van der Waals surface area contributed by atoms with Crippen LogP contribution in [0.4, 0.5) is 8.78 Å². The van der Waals surface area contributed by atoms with E-state index in [2.05, 4.69) is 25.7 Å². The van der Waals surface area contributed by atoms with Gasteiger partial charge in [-0.1, -0.05) is 30.5 Å². The van der Waals surface area contributed by atoms with Crippen molar-refractivity contribution < 1.29 is 22.9 Å². The Labute approximate surface area is 219 Å². The molecule has 1 saturated carbocycles. The van der Waals surface area contributed by atoms with Crippen LogP contribution in [0.2, 0.25) is 0 Å². The van der Waals surface area contributed by atoms with Gasteiger partial charge in [0.05, 0.1) is 23.7 Å². The third-order valence-corrected chi connectivity index (χ3v) is 7.50. The molecule has 2 aromatic heterocycles. The van der Waals surface area contributed by atoms with Crippen molar-refractivity contribution in [3.63, 3.8) is 0 Å². The second-order valence-corrected chi connectivity index (χ2v) is 10.0. The fourth-order valence-corrected chi connectivity index (χ4v) is 5.45. The first-order chi connectivity index (χ1) is 18.5. The Morgan fingerprint density at radius 1 is 1.05 bits per heavy atom. The van der Waals surface area contributed by atoms with Gasteiger partial charge in [-0.2, -0.15) is 0 Å². The Bertz CT molecular complexity index is 1260. The highest BCUT2D eigenvalue weighted by Crippen LogP contribution is 2.28. The van der Waals surface area contributed by atoms with Crippen molar-refractivity contribution in [3.05, 3.63) is 71.7 Å². The van der Waals surface area contributed by atoms with Crippen LogP contribution in [0.1, 0.15) is 54.7 Å². The van der Waals surface area contributed by atoms with Gasteiger partial charge in [-0.05, 0) is 43.5 Å². The molecule has 2 N–H and O–H groups in total. The number of piperidine rings is 1. The van der Waals surface area contributed by atoms with Gasteiger partial charge in [-0.25, -0.2) is 8.78 Å². The largest absolute Gasteiger partial charge is 0.355 e. The van der Waals surface area contributed by atoms with E-state index < -0.39 is 29.5 Å². The first kappa shape index (κ1) is 26.0. The third-order valence-electron chi connectivity index (χ3n) is 7.50. The smallest absolute Gasteiger partial charge is 0.273 e. The minimum Gasteiger partial charge on any atom is -0.355 e. The highest BCUT2D eigenvalue weighted by molar-refractivity contribution is 5.94. The van der Waals surface area contributed by atoms with Crippen LogP contribution in [0.15, 0.2) is 53.2 Å². The maximum atomic E-state index is 14.2. The Morgan fingerprint density at radius 3 is 2.66 bits per heavy atom. The number of hydrogen-bond donors (Lipinski definition) is 2. The minimum absolute atomic E-state index is 0.00511. The molecule has 200 valence electrons. The normalized spacial score (nSPS) is 20.7. The lowest BCUT2D eigenvalue weighted by Gasteiger charge is -2.43. The van der Waals surface area contributed by atoms with Gasteiger partial charge in [0, 0.05) is 43.5 Å². The number of pyridine rings is 1. The molecular weight excluding hydrogens is 492 g/mol. The Balaban J connectivity index is 1.29. The number of aromatic nitrogens is 2. The lowest BCUT2D eigenvalue weighted by molar-refractivity contribution is -0.128. The highest BCUT2D eigenvalue weighted by atomic mass is 19.1. The summed E-state index contributed by atoms with van der Waals surface area (Å²) in [5.41, 5.74) is 0.723. The Morgan fingerprint density at radius 2 is 1.89 bits per heavy atom. The van der Waals surface area contributed by atoms with Crippen LogP contribution >= 0.6 is 0 Å². The number of carbonyl (C=O) groups excluding carboxylic acids is 2. The molecule has 0 bridgehead atoms. The lowest BCUT2D eigenvalue weighted by atomic mass is 9.87. The van der Waals surface area contributed by atoms with Crippen molar-refractivity contribution in [2.24, 2.45) is 5.92 Å². The second-order valence-electron chi connectivity index (χ2n) is 10.0. The number of amides is 2. The highest BCUT2D eigenvalue weighted by Gasteiger charge is 2.38. The van der Waals surface area contributed by atoms with E-state index in [1.54, 1.807) is 6.20 Å². The quantitative estimate of drug-likeness (QED) is 0.484. The van der Waals surface area contributed by atoms with Gasteiger partial charge in [-0.3, -0.25) is 19.5 Å². The van der Waals surface area contributed by atoms with Crippen molar-refractivity contribution in [1.82, 2.24) is 25.7 Å². The minimum atomic E-state index is -0.812. The van der Waals surface area contributed by atoms with Crippen molar-refractivity contribution in [1.29, 1.82) is 0 Å². The standard InChI is InChI=1S/C28H31F2N5O3/c29-18-9-10-21(23(30)14-18)26-15-25(34-38-26)28(37)33-24-11-13-35(20-7-2-1-3-8-20)17-22(24)27(36)32-16-19-6-4-5-12-31-19/h4-6,9-10,12,14-15,20,22,24H,1-3,7-8,11,13,16-17H2,(H,32,36)(H,33,37)/t22-,24-/m1/s1. The Kier molecular flexibility index (Phi) is 8.07. The molecule has 10 heteroatoms. The summed E-state index contributed by atoms with van der Waals surface area (Å²) in [5, 5.41) is 9.73. The molecule has 1 aliphatic carbocycles. The number of carbonyl (C=O) groups is 2. The zero-order chi connectivity index (χ0) is 26.5. The van der Waals surface area contributed by atoms with Crippen LogP contribution in [0.25, 0.3) is 11.3 Å². The van der Waals surface area contributed by atoms with Crippen molar-refractivity contribution in [3.8, 4) is 11.3 Å². The van der Waals surface area contributed by atoms with E-state index in [1.807, 2.05) is 18.2 Å². The average Bonchev–Trinajstić information content (AvgIpc) is 3.43. The van der Waals surface area contributed by atoms with Crippen molar-refractivity contribution in [2.75, 3.05) is 13.1 Å². The van der Waals surface area contributed by atoms with Crippen LogP contribution in [-0.4, -0.2) is 52.0 Å². The summed E-state index contributed by atoms with van der Waals surface area (Å²) in [4.78, 5) is 33.1. The molecule has 1 saturated heterocycles. The molecule has 2 aliphatic rings. The molecule has 0 spiro atoms. The number of rotatable bonds is 7. The van der Waals surface area contributed by atoms with E-state index in [9.17, 15) is 18.4 Å². The van der Waals surface area contributed by atoms with E-state index in [4.69, 9.17) is 4.52 Å². The SMILES string of the molecule is O=C(N[C@@H]1CCN(C2CCCCC2)C[C@H]1C(=O)NCc1ccccn1)c1cc(-c2ccc(F)cc2F)on1. The van der Waals surface area contributed by atoms with E-state index in [1.165, 1.54) is 31.4 Å². The molecule has 2 amide bonds.